The first-order chi connectivity index (χ1) is 11.1. The molecule has 0 saturated heterocycles. The summed E-state index contributed by atoms with van der Waals surface area (Å²) >= 11 is 1.43. The van der Waals surface area contributed by atoms with Gasteiger partial charge in [-0.15, -0.1) is 5.43 Å². The number of benzene rings is 2. The third-order valence-electron chi connectivity index (χ3n) is 3.26. The molecule has 2 N–H and O–H groups in total. The van der Waals surface area contributed by atoms with Crippen molar-refractivity contribution < 1.29 is 14.1 Å². The van der Waals surface area contributed by atoms with E-state index in [4.69, 9.17) is 0 Å². The third-order valence-corrected chi connectivity index (χ3v) is 4.25. The largest absolute Gasteiger partial charge is 0.365 e. The molecule has 0 saturated carbocycles. The smallest absolute Gasteiger partial charge is 0.269 e. The van der Waals surface area contributed by atoms with Gasteiger partial charge in [0.2, 0.25) is 12.4 Å². The topological polar surface area (TPSA) is 79.3 Å². The van der Waals surface area contributed by atoms with E-state index in [-0.39, 0.29) is 5.69 Å². The van der Waals surface area contributed by atoms with Crippen molar-refractivity contribution in [1.29, 1.82) is 0 Å². The van der Waals surface area contributed by atoms with Gasteiger partial charge in [0.15, 0.2) is 11.5 Å². The fourth-order valence-corrected chi connectivity index (χ4v) is 2.98. The van der Waals surface area contributed by atoms with Crippen molar-refractivity contribution >= 4 is 17.2 Å². The van der Waals surface area contributed by atoms with Gasteiger partial charge in [0.05, 0.1) is 4.92 Å². The first-order valence-electron chi connectivity index (χ1n) is 6.90. The van der Waals surface area contributed by atoms with E-state index in [0.717, 1.165) is 10.4 Å². The molecule has 0 fully saturated rings. The van der Waals surface area contributed by atoms with Gasteiger partial charge in [-0.1, -0.05) is 42.5 Å². The number of aliphatic hydroxyl groups is 1. The molecule has 0 radical (unpaired) electrons. The summed E-state index contributed by atoms with van der Waals surface area (Å²) in [6.07, 6.45) is 0.760. The zero-order valence-electron chi connectivity index (χ0n) is 12.0. The van der Waals surface area contributed by atoms with Crippen LogP contribution in [0, 0.1) is 10.1 Å². The van der Waals surface area contributed by atoms with Crippen LogP contribution < -0.4 is 9.49 Å². The first kappa shape index (κ1) is 15.1. The van der Waals surface area contributed by atoms with Crippen molar-refractivity contribution in [3.63, 3.8) is 0 Å². The SMILES string of the molecule is O=[N+]([O-])c1cccc(C(O)N[n+]2ccc(-c3ccccc3)s2)c1. The second kappa shape index (κ2) is 6.55. The van der Waals surface area contributed by atoms with Crippen molar-refractivity contribution in [3.8, 4) is 10.4 Å². The summed E-state index contributed by atoms with van der Waals surface area (Å²) in [5, 5.41) is 21.0. The zero-order chi connectivity index (χ0) is 16.2. The van der Waals surface area contributed by atoms with E-state index in [1.54, 1.807) is 22.4 Å². The van der Waals surface area contributed by atoms with Crippen LogP contribution in [0.1, 0.15) is 11.8 Å². The standard InChI is InChI=1S/C16H14N3O3S/c20-16(13-7-4-8-14(11-13)19(21)22)17-18-10-9-15(23-18)12-5-2-1-3-6-12/h1-11,16-17,20H/q+1. The highest BCUT2D eigenvalue weighted by molar-refractivity contribution is 7.05. The second-order valence-electron chi connectivity index (χ2n) is 4.85. The lowest BCUT2D eigenvalue weighted by atomic mass is 10.2. The zero-order valence-corrected chi connectivity index (χ0v) is 12.8. The lowest BCUT2D eigenvalue weighted by molar-refractivity contribution is -0.588. The van der Waals surface area contributed by atoms with Crippen LogP contribution in [0.2, 0.25) is 0 Å². The molecule has 116 valence electrons. The van der Waals surface area contributed by atoms with Gasteiger partial charge < -0.3 is 5.11 Å². The minimum Gasteiger partial charge on any atom is -0.365 e. The molecule has 0 amide bonds. The molecule has 3 rings (SSSR count). The van der Waals surface area contributed by atoms with Gasteiger partial charge in [-0.3, -0.25) is 10.1 Å². The molecule has 1 unspecified atom stereocenters. The van der Waals surface area contributed by atoms with Crippen LogP contribution in [0.4, 0.5) is 5.69 Å². The Morgan fingerprint density at radius 2 is 1.91 bits per heavy atom. The Balaban J connectivity index is 1.76. The number of nitrogens with zero attached hydrogens (tertiary/aromatic N) is 2. The highest BCUT2D eigenvalue weighted by Crippen LogP contribution is 2.22. The summed E-state index contributed by atoms with van der Waals surface area (Å²) in [6.45, 7) is 0. The van der Waals surface area contributed by atoms with Crippen LogP contribution >= 0.6 is 11.5 Å². The van der Waals surface area contributed by atoms with E-state index in [1.807, 2.05) is 36.4 Å². The van der Waals surface area contributed by atoms with E-state index >= 15 is 0 Å². The molecule has 0 aliphatic carbocycles. The van der Waals surface area contributed by atoms with Crippen LogP contribution in [0.5, 0.6) is 0 Å². The molecule has 1 aromatic heterocycles. The van der Waals surface area contributed by atoms with Crippen molar-refractivity contribution in [3.05, 3.63) is 82.5 Å². The number of rotatable bonds is 5. The summed E-state index contributed by atoms with van der Waals surface area (Å²) in [6, 6.07) is 17.8. The predicted molar refractivity (Wildman–Crippen MR) is 87.4 cm³/mol. The minimum absolute atomic E-state index is 0.0514. The van der Waals surface area contributed by atoms with E-state index < -0.39 is 11.2 Å². The van der Waals surface area contributed by atoms with Crippen LogP contribution in [0.25, 0.3) is 10.4 Å². The van der Waals surface area contributed by atoms with Gasteiger partial charge in [0.1, 0.15) is 4.88 Å². The molecule has 1 heterocycles. The number of nitro groups is 1. The summed E-state index contributed by atoms with van der Waals surface area (Å²) < 4.78 is 1.67. The maximum atomic E-state index is 10.8. The van der Waals surface area contributed by atoms with Gasteiger partial charge >= 0.3 is 0 Å². The molecule has 6 nitrogen and oxygen atoms in total. The Bertz CT molecular complexity index is 820. The van der Waals surface area contributed by atoms with Gasteiger partial charge in [-0.05, 0) is 9.63 Å². The second-order valence-corrected chi connectivity index (χ2v) is 5.86. The molecule has 3 aromatic rings. The molecule has 1 atom stereocenters. The summed E-state index contributed by atoms with van der Waals surface area (Å²) in [7, 11) is 0. The molecule has 7 heteroatoms. The van der Waals surface area contributed by atoms with Gasteiger partial charge in [-0.2, -0.15) is 0 Å². The fraction of sp³-hybridized carbons (Fsp3) is 0.0625. The Morgan fingerprint density at radius 1 is 1.13 bits per heavy atom. The normalized spacial score (nSPS) is 11.9. The summed E-state index contributed by atoms with van der Waals surface area (Å²) in [5.41, 5.74) is 4.35. The molecule has 0 spiro atoms. The van der Waals surface area contributed by atoms with Gasteiger partial charge in [0, 0.05) is 23.8 Å². The average molecular weight is 328 g/mol. The molecule has 2 aromatic carbocycles. The lowest BCUT2D eigenvalue weighted by Crippen LogP contribution is -2.42. The first-order valence-corrected chi connectivity index (χ1v) is 7.67. The van der Waals surface area contributed by atoms with Crippen LogP contribution in [0.15, 0.2) is 66.9 Å². The number of hydrogen-bond donors (Lipinski definition) is 2. The lowest BCUT2D eigenvalue weighted by Gasteiger charge is -2.07. The molecule has 0 aliphatic rings. The number of aliphatic hydroxyl groups excluding tert-OH is 1. The van der Waals surface area contributed by atoms with Crippen LogP contribution in [0.3, 0.4) is 0 Å². The number of aromatic nitrogens is 1. The van der Waals surface area contributed by atoms with Crippen molar-refractivity contribution in [2.75, 3.05) is 5.43 Å². The number of nitrogens with one attached hydrogen (secondary N) is 1. The summed E-state index contributed by atoms with van der Waals surface area (Å²) in [5.74, 6) is 0. The quantitative estimate of drug-likeness (QED) is 0.327. The van der Waals surface area contributed by atoms with E-state index in [1.165, 1.54) is 23.7 Å². The summed E-state index contributed by atoms with van der Waals surface area (Å²) in [4.78, 5) is 11.4. The monoisotopic (exact) mass is 328 g/mol. The maximum absolute atomic E-state index is 10.8. The highest BCUT2D eigenvalue weighted by atomic mass is 32.1. The predicted octanol–water partition coefficient (Wildman–Crippen LogP) is 2.85. The Morgan fingerprint density at radius 3 is 2.65 bits per heavy atom. The molecular formula is C16H14N3O3S+. The molecule has 0 bridgehead atoms. The van der Waals surface area contributed by atoms with Crippen molar-refractivity contribution in [2.24, 2.45) is 0 Å². The fourth-order valence-electron chi connectivity index (χ4n) is 2.13. The Kier molecular flexibility index (Phi) is 4.31. The van der Waals surface area contributed by atoms with E-state index in [2.05, 4.69) is 5.43 Å². The molecule has 23 heavy (non-hydrogen) atoms. The van der Waals surface area contributed by atoms with Gasteiger partial charge in [0.25, 0.3) is 5.69 Å². The van der Waals surface area contributed by atoms with E-state index in [0.29, 0.717) is 5.56 Å². The number of hydrogen-bond acceptors (Lipinski definition) is 5. The van der Waals surface area contributed by atoms with Crippen LogP contribution in [-0.4, -0.2) is 10.0 Å². The number of non-ortho nitro benzene ring substituents is 1. The van der Waals surface area contributed by atoms with Crippen molar-refractivity contribution in [1.82, 2.24) is 0 Å². The van der Waals surface area contributed by atoms with Crippen molar-refractivity contribution in [2.45, 2.75) is 6.23 Å². The van der Waals surface area contributed by atoms with Crippen LogP contribution in [-0.2, 0) is 0 Å². The average Bonchev–Trinajstić information content (AvgIpc) is 3.04. The van der Waals surface area contributed by atoms with Gasteiger partial charge in [-0.25, -0.2) is 0 Å². The highest BCUT2D eigenvalue weighted by Gasteiger charge is 2.17. The molecular weight excluding hydrogens is 314 g/mol. The third kappa shape index (κ3) is 3.53. The van der Waals surface area contributed by atoms with E-state index in [9.17, 15) is 15.2 Å². The Labute approximate surface area is 136 Å². The maximum Gasteiger partial charge on any atom is 0.269 e. The minimum atomic E-state index is -1.04. The number of nitro benzene ring substituents is 1. The molecule has 0 aliphatic heterocycles. The Hall–Kier alpha value is -2.77.